The highest BCUT2D eigenvalue weighted by atomic mass is 16.5. The third-order valence-corrected chi connectivity index (χ3v) is 0.867. The SMILES string of the molecule is CC=CCC=COCC. The molecule has 0 unspecified atom stereocenters. The van der Waals surface area contributed by atoms with Crippen LogP contribution >= 0.6 is 0 Å². The second-order valence-corrected chi connectivity index (χ2v) is 1.63. The molecule has 0 aliphatic rings. The van der Waals surface area contributed by atoms with Crippen LogP contribution in [-0.4, -0.2) is 6.61 Å². The van der Waals surface area contributed by atoms with Gasteiger partial charge in [-0.25, -0.2) is 0 Å². The van der Waals surface area contributed by atoms with Gasteiger partial charge in [0.2, 0.25) is 0 Å². The first-order valence-electron chi connectivity index (χ1n) is 3.29. The topological polar surface area (TPSA) is 9.23 Å². The summed E-state index contributed by atoms with van der Waals surface area (Å²) >= 11 is 0. The summed E-state index contributed by atoms with van der Waals surface area (Å²) in [4.78, 5) is 0. The molecule has 0 heterocycles. The van der Waals surface area contributed by atoms with Gasteiger partial charge in [-0.1, -0.05) is 12.2 Å². The van der Waals surface area contributed by atoms with E-state index >= 15 is 0 Å². The fourth-order valence-electron chi connectivity index (χ4n) is 0.434. The number of hydrogen-bond donors (Lipinski definition) is 0. The summed E-state index contributed by atoms with van der Waals surface area (Å²) in [5, 5.41) is 0. The summed E-state index contributed by atoms with van der Waals surface area (Å²) in [7, 11) is 0. The van der Waals surface area contributed by atoms with Crippen molar-refractivity contribution in [2.45, 2.75) is 20.3 Å². The van der Waals surface area contributed by atoms with Gasteiger partial charge in [-0.15, -0.1) is 0 Å². The van der Waals surface area contributed by atoms with Crippen LogP contribution in [-0.2, 0) is 4.74 Å². The Morgan fingerprint density at radius 3 is 2.67 bits per heavy atom. The zero-order valence-electron chi connectivity index (χ0n) is 6.13. The van der Waals surface area contributed by atoms with Gasteiger partial charge >= 0.3 is 0 Å². The first kappa shape index (κ1) is 8.28. The minimum atomic E-state index is 0.756. The van der Waals surface area contributed by atoms with Crippen LogP contribution in [0.3, 0.4) is 0 Å². The number of ether oxygens (including phenoxy) is 1. The van der Waals surface area contributed by atoms with Crippen molar-refractivity contribution in [2.24, 2.45) is 0 Å². The summed E-state index contributed by atoms with van der Waals surface area (Å²) in [5.74, 6) is 0. The van der Waals surface area contributed by atoms with E-state index < -0.39 is 0 Å². The summed E-state index contributed by atoms with van der Waals surface area (Å²) in [6, 6.07) is 0. The molecule has 1 heteroatoms. The molecule has 0 rings (SSSR count). The summed E-state index contributed by atoms with van der Waals surface area (Å²) in [6.07, 6.45) is 8.80. The monoisotopic (exact) mass is 126 g/mol. The lowest BCUT2D eigenvalue weighted by molar-refractivity contribution is 0.268. The van der Waals surface area contributed by atoms with E-state index in [0.717, 1.165) is 13.0 Å². The Kier molecular flexibility index (Phi) is 6.70. The van der Waals surface area contributed by atoms with Gasteiger partial charge in [0, 0.05) is 0 Å². The van der Waals surface area contributed by atoms with Crippen LogP contribution in [0.1, 0.15) is 20.3 Å². The normalized spacial score (nSPS) is 11.3. The van der Waals surface area contributed by atoms with Crippen molar-refractivity contribution in [1.82, 2.24) is 0 Å². The highest BCUT2D eigenvalue weighted by molar-refractivity contribution is 4.87. The van der Waals surface area contributed by atoms with E-state index in [9.17, 15) is 0 Å². The van der Waals surface area contributed by atoms with E-state index in [1.165, 1.54) is 0 Å². The maximum absolute atomic E-state index is 4.97. The van der Waals surface area contributed by atoms with Gasteiger partial charge in [0.15, 0.2) is 0 Å². The fraction of sp³-hybridized carbons (Fsp3) is 0.500. The average Bonchev–Trinajstić information content (AvgIpc) is 1.89. The molecule has 0 bridgehead atoms. The standard InChI is InChI=1S/C8H14O/c1-3-5-6-7-8-9-4-2/h3,5,7-8H,4,6H2,1-2H3. The first-order valence-corrected chi connectivity index (χ1v) is 3.29. The molecule has 0 spiro atoms. The fourth-order valence-corrected chi connectivity index (χ4v) is 0.434. The molecular formula is C8H14O. The lowest BCUT2D eigenvalue weighted by atomic mass is 10.4. The zero-order valence-corrected chi connectivity index (χ0v) is 6.13. The summed E-state index contributed by atoms with van der Waals surface area (Å²) in [6.45, 7) is 4.74. The Morgan fingerprint density at radius 2 is 2.11 bits per heavy atom. The Hall–Kier alpha value is -0.720. The third-order valence-electron chi connectivity index (χ3n) is 0.867. The number of rotatable bonds is 4. The van der Waals surface area contributed by atoms with Crippen molar-refractivity contribution in [1.29, 1.82) is 0 Å². The predicted molar refractivity (Wildman–Crippen MR) is 40.2 cm³/mol. The van der Waals surface area contributed by atoms with Crippen molar-refractivity contribution < 1.29 is 4.74 Å². The average molecular weight is 126 g/mol. The van der Waals surface area contributed by atoms with Crippen LogP contribution in [0.5, 0.6) is 0 Å². The van der Waals surface area contributed by atoms with Crippen LogP contribution in [0.25, 0.3) is 0 Å². The van der Waals surface area contributed by atoms with Gasteiger partial charge in [-0.05, 0) is 26.3 Å². The molecule has 0 aromatic carbocycles. The van der Waals surface area contributed by atoms with Crippen LogP contribution < -0.4 is 0 Å². The van der Waals surface area contributed by atoms with Gasteiger partial charge in [0.1, 0.15) is 0 Å². The Bertz CT molecular complexity index is 92.7. The van der Waals surface area contributed by atoms with E-state index in [0.29, 0.717) is 0 Å². The van der Waals surface area contributed by atoms with Crippen molar-refractivity contribution in [3.05, 3.63) is 24.5 Å². The quantitative estimate of drug-likeness (QED) is 0.415. The number of allylic oxidation sites excluding steroid dienone is 3. The van der Waals surface area contributed by atoms with E-state index in [1.54, 1.807) is 6.26 Å². The highest BCUT2D eigenvalue weighted by Crippen LogP contribution is 1.85. The highest BCUT2D eigenvalue weighted by Gasteiger charge is 1.68. The molecular weight excluding hydrogens is 112 g/mol. The van der Waals surface area contributed by atoms with Crippen molar-refractivity contribution in [3.8, 4) is 0 Å². The lowest BCUT2D eigenvalue weighted by Crippen LogP contribution is -1.75. The minimum absolute atomic E-state index is 0.756. The molecule has 0 aliphatic carbocycles. The Balaban J connectivity index is 3.04. The Morgan fingerprint density at radius 1 is 1.33 bits per heavy atom. The number of hydrogen-bond acceptors (Lipinski definition) is 1. The molecule has 0 N–H and O–H groups in total. The van der Waals surface area contributed by atoms with Gasteiger partial charge in [0.05, 0.1) is 12.9 Å². The smallest absolute Gasteiger partial charge is 0.0845 e. The van der Waals surface area contributed by atoms with Gasteiger partial charge in [-0.2, -0.15) is 0 Å². The first-order chi connectivity index (χ1) is 4.41. The van der Waals surface area contributed by atoms with Crippen LogP contribution in [0, 0.1) is 0 Å². The molecule has 0 saturated carbocycles. The van der Waals surface area contributed by atoms with E-state index in [4.69, 9.17) is 4.74 Å². The molecule has 52 valence electrons. The zero-order chi connectivity index (χ0) is 6.95. The van der Waals surface area contributed by atoms with Gasteiger partial charge in [0.25, 0.3) is 0 Å². The van der Waals surface area contributed by atoms with Gasteiger partial charge < -0.3 is 4.74 Å². The largest absolute Gasteiger partial charge is 0.502 e. The molecule has 0 aromatic heterocycles. The van der Waals surface area contributed by atoms with E-state index in [1.807, 2.05) is 26.0 Å². The van der Waals surface area contributed by atoms with E-state index in [-0.39, 0.29) is 0 Å². The molecule has 0 fully saturated rings. The van der Waals surface area contributed by atoms with Crippen molar-refractivity contribution in [2.75, 3.05) is 6.61 Å². The maximum Gasteiger partial charge on any atom is 0.0845 e. The van der Waals surface area contributed by atoms with Gasteiger partial charge in [-0.3, -0.25) is 0 Å². The molecule has 1 nitrogen and oxygen atoms in total. The maximum atomic E-state index is 4.97. The lowest BCUT2D eigenvalue weighted by Gasteiger charge is -1.89. The molecule has 0 aliphatic heterocycles. The van der Waals surface area contributed by atoms with Crippen LogP contribution in [0.15, 0.2) is 24.5 Å². The molecule has 0 amide bonds. The van der Waals surface area contributed by atoms with Crippen LogP contribution in [0.4, 0.5) is 0 Å². The minimum Gasteiger partial charge on any atom is -0.502 e. The third kappa shape index (κ3) is 7.28. The van der Waals surface area contributed by atoms with Crippen molar-refractivity contribution >= 4 is 0 Å². The summed E-state index contributed by atoms with van der Waals surface area (Å²) < 4.78 is 4.97. The Labute approximate surface area is 57.0 Å². The predicted octanol–water partition coefficient (Wildman–Crippen LogP) is 2.50. The molecule has 9 heavy (non-hydrogen) atoms. The van der Waals surface area contributed by atoms with E-state index in [2.05, 4.69) is 6.08 Å². The molecule has 0 atom stereocenters. The summed E-state index contributed by atoms with van der Waals surface area (Å²) in [5.41, 5.74) is 0. The molecule has 0 aromatic rings. The van der Waals surface area contributed by atoms with Crippen LogP contribution in [0.2, 0.25) is 0 Å². The second-order valence-electron chi connectivity index (χ2n) is 1.63. The molecule has 0 radical (unpaired) electrons. The second kappa shape index (κ2) is 7.28. The van der Waals surface area contributed by atoms with Crippen molar-refractivity contribution in [3.63, 3.8) is 0 Å². The molecule has 0 saturated heterocycles.